The Bertz CT molecular complexity index is 229. The van der Waals surface area contributed by atoms with E-state index in [0.29, 0.717) is 24.3 Å². The van der Waals surface area contributed by atoms with Gasteiger partial charge in [0.1, 0.15) is 0 Å². The van der Waals surface area contributed by atoms with E-state index >= 15 is 0 Å². The SMILES string of the molecule is O=C(C1CC1)N1CCC(CNCCO)C1. The van der Waals surface area contributed by atoms with Gasteiger partial charge in [-0.2, -0.15) is 0 Å². The highest BCUT2D eigenvalue weighted by Gasteiger charge is 2.36. The van der Waals surface area contributed by atoms with Gasteiger partial charge in [-0.3, -0.25) is 4.79 Å². The van der Waals surface area contributed by atoms with Gasteiger partial charge in [0.15, 0.2) is 0 Å². The smallest absolute Gasteiger partial charge is 0.225 e. The number of likely N-dealkylation sites (tertiary alicyclic amines) is 1. The molecule has 1 saturated carbocycles. The number of amides is 1. The molecule has 1 atom stereocenters. The lowest BCUT2D eigenvalue weighted by Gasteiger charge is -2.16. The third-order valence-electron chi connectivity index (χ3n) is 3.25. The Labute approximate surface area is 90.6 Å². The predicted molar refractivity (Wildman–Crippen MR) is 57.4 cm³/mol. The van der Waals surface area contributed by atoms with E-state index in [2.05, 4.69) is 5.32 Å². The monoisotopic (exact) mass is 212 g/mol. The molecule has 0 radical (unpaired) electrons. The number of nitrogens with one attached hydrogen (secondary N) is 1. The van der Waals surface area contributed by atoms with Crippen molar-refractivity contribution in [2.75, 3.05) is 32.8 Å². The molecule has 1 amide bonds. The van der Waals surface area contributed by atoms with Crippen molar-refractivity contribution < 1.29 is 9.90 Å². The van der Waals surface area contributed by atoms with E-state index in [9.17, 15) is 4.79 Å². The number of hydrogen-bond donors (Lipinski definition) is 2. The largest absolute Gasteiger partial charge is 0.395 e. The second-order valence-electron chi connectivity index (χ2n) is 4.64. The standard InChI is InChI=1S/C11H20N2O2/c14-6-4-12-7-9-3-5-13(8-9)11(15)10-1-2-10/h9-10,12,14H,1-8H2. The summed E-state index contributed by atoms with van der Waals surface area (Å²) in [4.78, 5) is 13.8. The second-order valence-corrected chi connectivity index (χ2v) is 4.64. The van der Waals surface area contributed by atoms with Gasteiger partial charge in [0.25, 0.3) is 0 Å². The summed E-state index contributed by atoms with van der Waals surface area (Å²) in [5, 5.41) is 11.8. The van der Waals surface area contributed by atoms with Gasteiger partial charge in [0.05, 0.1) is 6.61 Å². The lowest BCUT2D eigenvalue weighted by atomic mass is 10.1. The lowest BCUT2D eigenvalue weighted by molar-refractivity contribution is -0.131. The van der Waals surface area contributed by atoms with Crippen molar-refractivity contribution in [3.63, 3.8) is 0 Å². The highest BCUT2D eigenvalue weighted by atomic mass is 16.3. The van der Waals surface area contributed by atoms with Crippen LogP contribution in [0.15, 0.2) is 0 Å². The number of nitrogens with zero attached hydrogens (tertiary/aromatic N) is 1. The van der Waals surface area contributed by atoms with Gasteiger partial charge in [-0.1, -0.05) is 0 Å². The van der Waals surface area contributed by atoms with Crippen molar-refractivity contribution in [3.05, 3.63) is 0 Å². The number of aliphatic hydroxyl groups excluding tert-OH is 1. The molecule has 15 heavy (non-hydrogen) atoms. The van der Waals surface area contributed by atoms with Crippen LogP contribution < -0.4 is 5.32 Å². The molecule has 0 bridgehead atoms. The Morgan fingerprint density at radius 2 is 2.20 bits per heavy atom. The minimum Gasteiger partial charge on any atom is -0.395 e. The summed E-state index contributed by atoms with van der Waals surface area (Å²) in [5.74, 6) is 1.31. The molecule has 4 nitrogen and oxygen atoms in total. The van der Waals surface area contributed by atoms with Crippen LogP contribution in [-0.4, -0.2) is 48.7 Å². The molecule has 0 aromatic heterocycles. The summed E-state index contributed by atoms with van der Waals surface area (Å²) in [7, 11) is 0. The molecule has 2 aliphatic rings. The van der Waals surface area contributed by atoms with Gasteiger partial charge in [0, 0.05) is 25.6 Å². The summed E-state index contributed by atoms with van der Waals surface area (Å²) >= 11 is 0. The molecule has 1 heterocycles. The maximum absolute atomic E-state index is 11.7. The Hall–Kier alpha value is -0.610. The fourth-order valence-corrected chi connectivity index (χ4v) is 2.17. The van der Waals surface area contributed by atoms with Crippen molar-refractivity contribution in [2.24, 2.45) is 11.8 Å². The van der Waals surface area contributed by atoms with Crippen LogP contribution in [0, 0.1) is 11.8 Å². The number of hydrogen-bond acceptors (Lipinski definition) is 3. The summed E-state index contributed by atoms with van der Waals surface area (Å²) in [6.07, 6.45) is 3.31. The fourth-order valence-electron chi connectivity index (χ4n) is 2.17. The second kappa shape index (κ2) is 4.94. The van der Waals surface area contributed by atoms with Gasteiger partial charge < -0.3 is 15.3 Å². The van der Waals surface area contributed by atoms with Crippen LogP contribution in [0.3, 0.4) is 0 Å². The van der Waals surface area contributed by atoms with E-state index < -0.39 is 0 Å². The van der Waals surface area contributed by atoms with Gasteiger partial charge in [0.2, 0.25) is 5.91 Å². The van der Waals surface area contributed by atoms with Crippen LogP contribution in [0.25, 0.3) is 0 Å². The normalized spacial score (nSPS) is 25.9. The van der Waals surface area contributed by atoms with Gasteiger partial charge in [-0.15, -0.1) is 0 Å². The zero-order valence-corrected chi connectivity index (χ0v) is 9.11. The van der Waals surface area contributed by atoms with Gasteiger partial charge in [-0.05, 0) is 31.7 Å². The average molecular weight is 212 g/mol. The third-order valence-corrected chi connectivity index (χ3v) is 3.25. The van der Waals surface area contributed by atoms with E-state index in [1.165, 1.54) is 0 Å². The molecule has 0 aromatic rings. The molecule has 86 valence electrons. The van der Waals surface area contributed by atoms with Crippen molar-refractivity contribution in [3.8, 4) is 0 Å². The fraction of sp³-hybridized carbons (Fsp3) is 0.909. The Kier molecular flexibility index (Phi) is 3.59. The van der Waals surface area contributed by atoms with Gasteiger partial charge in [-0.25, -0.2) is 0 Å². The zero-order chi connectivity index (χ0) is 10.7. The molecule has 1 aliphatic heterocycles. The van der Waals surface area contributed by atoms with Crippen LogP contribution in [-0.2, 0) is 4.79 Å². The molecule has 4 heteroatoms. The zero-order valence-electron chi connectivity index (χ0n) is 9.11. The lowest BCUT2D eigenvalue weighted by Crippen LogP contribution is -2.32. The molecule has 0 aromatic carbocycles. The Morgan fingerprint density at radius 3 is 2.87 bits per heavy atom. The summed E-state index contributed by atoms with van der Waals surface area (Å²) in [5.41, 5.74) is 0. The Morgan fingerprint density at radius 1 is 1.40 bits per heavy atom. The highest BCUT2D eigenvalue weighted by molar-refractivity contribution is 5.81. The first-order valence-corrected chi connectivity index (χ1v) is 5.91. The molecule has 2 N–H and O–H groups in total. The van der Waals surface area contributed by atoms with Crippen LogP contribution in [0.1, 0.15) is 19.3 Å². The first-order valence-electron chi connectivity index (χ1n) is 5.91. The molecule has 1 aliphatic carbocycles. The number of aliphatic hydroxyl groups is 1. The number of carbonyl (C=O) groups excluding carboxylic acids is 1. The molecule has 1 unspecified atom stereocenters. The van der Waals surface area contributed by atoms with Crippen LogP contribution in [0.5, 0.6) is 0 Å². The predicted octanol–water partition coefficient (Wildman–Crippen LogP) is -0.173. The molecule has 2 fully saturated rings. The Balaban J connectivity index is 1.67. The van der Waals surface area contributed by atoms with E-state index in [0.717, 1.165) is 38.9 Å². The molecular weight excluding hydrogens is 192 g/mol. The van der Waals surface area contributed by atoms with Crippen LogP contribution in [0.2, 0.25) is 0 Å². The van der Waals surface area contributed by atoms with Crippen molar-refractivity contribution in [2.45, 2.75) is 19.3 Å². The highest BCUT2D eigenvalue weighted by Crippen LogP contribution is 2.32. The van der Waals surface area contributed by atoms with Gasteiger partial charge >= 0.3 is 0 Å². The molecule has 1 saturated heterocycles. The quantitative estimate of drug-likeness (QED) is 0.622. The summed E-state index contributed by atoms with van der Waals surface area (Å²) < 4.78 is 0. The first-order chi connectivity index (χ1) is 7.31. The van der Waals surface area contributed by atoms with E-state index in [1.807, 2.05) is 4.90 Å². The van der Waals surface area contributed by atoms with E-state index in [1.54, 1.807) is 0 Å². The average Bonchev–Trinajstić information content (AvgIpc) is 2.98. The molecular formula is C11H20N2O2. The van der Waals surface area contributed by atoms with Crippen LogP contribution in [0.4, 0.5) is 0 Å². The summed E-state index contributed by atoms with van der Waals surface area (Å²) in [6.45, 7) is 3.62. The maximum atomic E-state index is 11.7. The number of carbonyl (C=O) groups is 1. The van der Waals surface area contributed by atoms with E-state index in [-0.39, 0.29) is 6.61 Å². The van der Waals surface area contributed by atoms with Crippen molar-refractivity contribution in [1.82, 2.24) is 10.2 Å². The minimum atomic E-state index is 0.192. The maximum Gasteiger partial charge on any atom is 0.225 e. The summed E-state index contributed by atoms with van der Waals surface area (Å²) in [6, 6.07) is 0. The third kappa shape index (κ3) is 2.92. The van der Waals surface area contributed by atoms with Crippen molar-refractivity contribution in [1.29, 1.82) is 0 Å². The van der Waals surface area contributed by atoms with E-state index in [4.69, 9.17) is 5.11 Å². The topological polar surface area (TPSA) is 52.6 Å². The van der Waals surface area contributed by atoms with Crippen LogP contribution >= 0.6 is 0 Å². The number of rotatable bonds is 5. The first kappa shape index (κ1) is 10.9. The minimum absolute atomic E-state index is 0.192. The van der Waals surface area contributed by atoms with Crippen molar-refractivity contribution >= 4 is 5.91 Å². The molecule has 2 rings (SSSR count). The molecule has 0 spiro atoms.